The van der Waals surface area contributed by atoms with E-state index in [1.54, 1.807) is 0 Å². The van der Waals surface area contributed by atoms with Gasteiger partial charge in [0.2, 0.25) is 5.78 Å². The Labute approximate surface area is 171 Å². The van der Waals surface area contributed by atoms with E-state index in [0.717, 1.165) is 5.56 Å². The summed E-state index contributed by atoms with van der Waals surface area (Å²) in [6, 6.07) is 9.31. The summed E-state index contributed by atoms with van der Waals surface area (Å²) in [7, 11) is 0. The van der Waals surface area contributed by atoms with Gasteiger partial charge in [-0.3, -0.25) is 19.2 Å². The molecular weight excluding hydrogens is 374 g/mol. The van der Waals surface area contributed by atoms with E-state index in [0.29, 0.717) is 19.6 Å². The van der Waals surface area contributed by atoms with Crippen LogP contribution in [-0.4, -0.2) is 43.2 Å². The number of nitrogens with one attached hydrogen (secondary N) is 1. The van der Waals surface area contributed by atoms with E-state index in [4.69, 9.17) is 9.47 Å². The van der Waals surface area contributed by atoms with Crippen LogP contribution in [0.4, 0.5) is 0 Å². The number of amides is 1. The van der Waals surface area contributed by atoms with Crippen molar-refractivity contribution < 1.29 is 28.7 Å². The molecule has 0 radical (unpaired) electrons. The number of hydrogen-bond acceptors (Lipinski definition) is 6. The maximum absolute atomic E-state index is 12.9. The molecule has 1 amide bonds. The molecule has 1 aliphatic heterocycles. The van der Waals surface area contributed by atoms with Crippen LogP contribution in [0.2, 0.25) is 0 Å². The first-order valence-corrected chi connectivity index (χ1v) is 10.0. The summed E-state index contributed by atoms with van der Waals surface area (Å²) >= 11 is 0. The highest BCUT2D eigenvalue weighted by molar-refractivity contribution is 6.37. The molecule has 0 aromatic heterocycles. The molecule has 0 spiro atoms. The number of hydrogen-bond donors (Lipinski definition) is 1. The lowest BCUT2D eigenvalue weighted by atomic mass is 9.82. The van der Waals surface area contributed by atoms with Crippen LogP contribution in [0.1, 0.15) is 38.7 Å². The molecule has 2 unspecified atom stereocenters. The number of carbonyl (C=O) groups excluding carboxylic acids is 4. The van der Waals surface area contributed by atoms with Crippen LogP contribution in [0.25, 0.3) is 0 Å². The minimum absolute atomic E-state index is 0.0487. The molecule has 2 atom stereocenters. The highest BCUT2D eigenvalue weighted by Gasteiger charge is 2.32. The second-order valence-electron chi connectivity index (χ2n) is 7.59. The van der Waals surface area contributed by atoms with Crippen molar-refractivity contribution >= 4 is 23.4 Å². The molecule has 1 aromatic carbocycles. The van der Waals surface area contributed by atoms with Crippen LogP contribution in [0.15, 0.2) is 30.3 Å². The molecule has 1 aromatic rings. The van der Waals surface area contributed by atoms with Gasteiger partial charge >= 0.3 is 5.97 Å². The summed E-state index contributed by atoms with van der Waals surface area (Å²) in [5, 5.41) is 2.50. The van der Waals surface area contributed by atoms with Gasteiger partial charge in [0.1, 0.15) is 12.4 Å². The second kappa shape index (κ2) is 11.5. The summed E-state index contributed by atoms with van der Waals surface area (Å²) in [6.07, 6.45) is 0.179. The number of benzene rings is 1. The fourth-order valence-corrected chi connectivity index (χ4v) is 3.25. The zero-order chi connectivity index (χ0) is 21.2. The van der Waals surface area contributed by atoms with Gasteiger partial charge in [0, 0.05) is 31.4 Å². The van der Waals surface area contributed by atoms with Crippen molar-refractivity contribution in [1.82, 2.24) is 5.32 Å². The van der Waals surface area contributed by atoms with Crippen molar-refractivity contribution in [2.24, 2.45) is 17.8 Å². The summed E-state index contributed by atoms with van der Waals surface area (Å²) in [4.78, 5) is 49.4. The van der Waals surface area contributed by atoms with Crippen LogP contribution in [0.3, 0.4) is 0 Å². The van der Waals surface area contributed by atoms with E-state index in [1.165, 1.54) is 0 Å². The van der Waals surface area contributed by atoms with Crippen LogP contribution < -0.4 is 5.32 Å². The van der Waals surface area contributed by atoms with E-state index < -0.39 is 29.5 Å². The Morgan fingerprint density at radius 2 is 1.90 bits per heavy atom. The minimum Gasteiger partial charge on any atom is -0.461 e. The number of carbonyl (C=O) groups is 4. The normalized spacial score (nSPS) is 18.9. The third kappa shape index (κ3) is 7.42. The third-order valence-corrected chi connectivity index (χ3v) is 5.03. The highest BCUT2D eigenvalue weighted by Crippen LogP contribution is 2.23. The molecule has 1 fully saturated rings. The first kappa shape index (κ1) is 22.7. The van der Waals surface area contributed by atoms with Crippen LogP contribution in [-0.2, 0) is 35.3 Å². The zero-order valence-corrected chi connectivity index (χ0v) is 17.0. The molecule has 1 heterocycles. The Balaban J connectivity index is 1.95. The smallest absolute Gasteiger partial charge is 0.306 e. The first-order valence-electron chi connectivity index (χ1n) is 10.0. The predicted molar refractivity (Wildman–Crippen MR) is 106 cm³/mol. The Bertz CT molecular complexity index is 715. The quantitative estimate of drug-likeness (QED) is 0.527. The van der Waals surface area contributed by atoms with Gasteiger partial charge in [-0.05, 0) is 17.9 Å². The zero-order valence-electron chi connectivity index (χ0n) is 17.0. The monoisotopic (exact) mass is 403 g/mol. The second-order valence-corrected chi connectivity index (χ2v) is 7.59. The lowest BCUT2D eigenvalue weighted by Gasteiger charge is -2.21. The summed E-state index contributed by atoms with van der Waals surface area (Å²) < 4.78 is 10.7. The van der Waals surface area contributed by atoms with Crippen molar-refractivity contribution in [1.29, 1.82) is 0 Å². The first-order chi connectivity index (χ1) is 13.9. The molecule has 2 rings (SSSR count). The number of esters is 1. The van der Waals surface area contributed by atoms with E-state index in [-0.39, 0.29) is 37.7 Å². The van der Waals surface area contributed by atoms with Gasteiger partial charge in [0.25, 0.3) is 5.91 Å². The van der Waals surface area contributed by atoms with Crippen molar-refractivity contribution in [3.05, 3.63) is 35.9 Å². The number of ether oxygens (including phenoxy) is 2. The average molecular weight is 403 g/mol. The lowest BCUT2D eigenvalue weighted by Crippen LogP contribution is -2.37. The summed E-state index contributed by atoms with van der Waals surface area (Å²) in [5.74, 6) is -3.34. The molecule has 0 saturated carbocycles. The molecule has 1 aliphatic rings. The van der Waals surface area contributed by atoms with E-state index >= 15 is 0 Å². The Morgan fingerprint density at radius 1 is 1.17 bits per heavy atom. The summed E-state index contributed by atoms with van der Waals surface area (Å²) in [5.41, 5.74) is 0.871. The number of rotatable bonds is 8. The topological polar surface area (TPSA) is 98.8 Å². The van der Waals surface area contributed by atoms with Crippen molar-refractivity contribution in [3.8, 4) is 0 Å². The number of Topliss-reactive ketones (excluding diaryl/α,β-unsaturated/α-hetero) is 2. The maximum Gasteiger partial charge on any atom is 0.306 e. The molecule has 7 nitrogen and oxygen atoms in total. The fourth-order valence-electron chi connectivity index (χ4n) is 3.25. The van der Waals surface area contributed by atoms with Crippen molar-refractivity contribution in [2.45, 2.75) is 39.7 Å². The van der Waals surface area contributed by atoms with E-state index in [2.05, 4.69) is 5.32 Å². The van der Waals surface area contributed by atoms with Crippen LogP contribution >= 0.6 is 0 Å². The average Bonchev–Trinajstić information content (AvgIpc) is 2.78. The third-order valence-electron chi connectivity index (χ3n) is 5.03. The van der Waals surface area contributed by atoms with Crippen molar-refractivity contribution in [3.63, 3.8) is 0 Å². The van der Waals surface area contributed by atoms with Gasteiger partial charge in [0.15, 0.2) is 0 Å². The Morgan fingerprint density at radius 3 is 2.59 bits per heavy atom. The molecule has 1 saturated heterocycles. The Kier molecular flexibility index (Phi) is 8.99. The van der Waals surface area contributed by atoms with E-state index in [9.17, 15) is 19.2 Å². The molecule has 158 valence electrons. The molecule has 7 heteroatoms. The van der Waals surface area contributed by atoms with Gasteiger partial charge in [0.05, 0.1) is 13.0 Å². The standard InChI is InChI=1S/C22H29NO6/c1-15(2)18(13-20(25)29-14-16-6-4-3-5-7-16)19(24)12-17-8-10-28-11-9-23-22(27)21(17)26/h3-7,15,17-18H,8-14H2,1-2H3,(H,23,27). The van der Waals surface area contributed by atoms with E-state index in [1.807, 2.05) is 44.2 Å². The van der Waals surface area contributed by atoms with Gasteiger partial charge in [-0.1, -0.05) is 44.2 Å². The number of ketones is 2. The largest absolute Gasteiger partial charge is 0.461 e. The molecular formula is C22H29NO6. The maximum atomic E-state index is 12.9. The summed E-state index contributed by atoms with van der Waals surface area (Å²) in [6.45, 7) is 4.78. The molecule has 1 N–H and O–H groups in total. The minimum atomic E-state index is -0.734. The fraction of sp³-hybridized carbons (Fsp3) is 0.545. The lowest BCUT2D eigenvalue weighted by molar-refractivity contribution is -0.149. The Hall–Kier alpha value is -2.54. The highest BCUT2D eigenvalue weighted by atomic mass is 16.5. The van der Waals surface area contributed by atoms with Gasteiger partial charge in [-0.15, -0.1) is 0 Å². The van der Waals surface area contributed by atoms with Crippen molar-refractivity contribution in [2.75, 3.05) is 19.8 Å². The predicted octanol–water partition coefficient (Wildman–Crippen LogP) is 2.07. The van der Waals surface area contributed by atoms with Crippen LogP contribution in [0.5, 0.6) is 0 Å². The SMILES string of the molecule is CC(C)C(CC(=O)OCc1ccccc1)C(=O)CC1CCOCCNC(=O)C1=O. The molecule has 0 aliphatic carbocycles. The van der Waals surface area contributed by atoms with Crippen LogP contribution in [0, 0.1) is 17.8 Å². The van der Waals surface area contributed by atoms with Gasteiger partial charge < -0.3 is 14.8 Å². The molecule has 0 bridgehead atoms. The van der Waals surface area contributed by atoms with Gasteiger partial charge in [-0.25, -0.2) is 0 Å². The molecule has 29 heavy (non-hydrogen) atoms. The van der Waals surface area contributed by atoms with Gasteiger partial charge in [-0.2, -0.15) is 0 Å².